The quantitative estimate of drug-likeness (QED) is 0.734. The van der Waals surface area contributed by atoms with Gasteiger partial charge in [-0.15, -0.1) is 0 Å². The average molecular weight is 355 g/mol. The summed E-state index contributed by atoms with van der Waals surface area (Å²) in [5.74, 6) is 0.619. The number of carbonyl (C=O) groups is 1. The molecule has 1 atom stereocenters. The Morgan fingerprint density at radius 3 is 2.69 bits per heavy atom. The predicted molar refractivity (Wildman–Crippen MR) is 100 cm³/mol. The molecule has 0 radical (unpaired) electrons. The molecule has 0 aliphatic heterocycles. The first-order chi connectivity index (χ1) is 12.4. The van der Waals surface area contributed by atoms with Gasteiger partial charge in [0, 0.05) is 24.6 Å². The number of imidazole rings is 1. The molecular weight excluding hydrogens is 330 g/mol. The van der Waals surface area contributed by atoms with Gasteiger partial charge in [0.25, 0.3) is 0 Å². The van der Waals surface area contributed by atoms with Crippen molar-refractivity contribution in [2.24, 2.45) is 0 Å². The molecule has 138 valence electrons. The van der Waals surface area contributed by atoms with Crippen LogP contribution < -0.4 is 10.6 Å². The van der Waals surface area contributed by atoms with Crippen molar-refractivity contribution in [1.82, 2.24) is 29.5 Å². The van der Waals surface area contributed by atoms with Gasteiger partial charge in [-0.2, -0.15) is 5.10 Å². The van der Waals surface area contributed by atoms with Gasteiger partial charge in [-0.05, 0) is 40.2 Å². The van der Waals surface area contributed by atoms with Gasteiger partial charge in [-0.3, -0.25) is 9.08 Å². The zero-order valence-electron chi connectivity index (χ0n) is 15.8. The number of rotatable bonds is 5. The number of fused-ring (bicyclic) bond motifs is 1. The first-order valence-corrected chi connectivity index (χ1v) is 8.83. The Kier molecular flexibility index (Phi) is 4.92. The predicted octanol–water partition coefficient (Wildman–Crippen LogP) is 3.40. The van der Waals surface area contributed by atoms with Gasteiger partial charge in [-0.1, -0.05) is 6.92 Å². The van der Waals surface area contributed by atoms with E-state index in [-0.39, 0.29) is 18.1 Å². The molecule has 8 heteroatoms. The molecule has 3 aromatic heterocycles. The molecule has 0 bridgehead atoms. The molecule has 0 aliphatic carbocycles. The van der Waals surface area contributed by atoms with E-state index in [1.54, 1.807) is 6.20 Å². The monoisotopic (exact) mass is 355 g/mol. The number of amides is 2. The molecule has 0 fully saturated rings. The second-order valence-electron chi connectivity index (χ2n) is 6.64. The summed E-state index contributed by atoms with van der Waals surface area (Å²) in [5.41, 5.74) is 3.28. The molecule has 0 saturated heterocycles. The molecule has 3 rings (SSSR count). The fraction of sp³-hybridized carbons (Fsp3) is 0.444. The van der Waals surface area contributed by atoms with Crippen LogP contribution in [0.5, 0.6) is 0 Å². The van der Waals surface area contributed by atoms with Crippen molar-refractivity contribution in [1.29, 1.82) is 0 Å². The number of urea groups is 1. The lowest BCUT2D eigenvalue weighted by Gasteiger charge is -2.16. The minimum Gasteiger partial charge on any atom is -0.329 e. The highest BCUT2D eigenvalue weighted by molar-refractivity contribution is 5.90. The number of aromatic nitrogens is 5. The van der Waals surface area contributed by atoms with Crippen LogP contribution in [0.15, 0.2) is 24.7 Å². The van der Waals surface area contributed by atoms with Crippen molar-refractivity contribution in [2.45, 2.75) is 53.1 Å². The van der Waals surface area contributed by atoms with Crippen LogP contribution in [0, 0.1) is 13.8 Å². The Labute approximate surface area is 152 Å². The van der Waals surface area contributed by atoms with Crippen molar-refractivity contribution >= 4 is 17.5 Å². The normalized spacial score (nSPS) is 12.5. The molecule has 1 unspecified atom stereocenters. The fourth-order valence-electron chi connectivity index (χ4n) is 3.06. The van der Waals surface area contributed by atoms with Crippen LogP contribution in [-0.2, 0) is 0 Å². The molecule has 3 heterocycles. The van der Waals surface area contributed by atoms with Crippen LogP contribution in [0.3, 0.4) is 0 Å². The average Bonchev–Trinajstić information content (AvgIpc) is 3.15. The topological polar surface area (TPSA) is 89.1 Å². The number of aryl methyl sites for hydroxylation is 1. The van der Waals surface area contributed by atoms with Crippen LogP contribution in [0.25, 0.3) is 5.78 Å². The number of nitrogens with zero attached hydrogens (tertiary/aromatic N) is 5. The minimum atomic E-state index is -0.267. The summed E-state index contributed by atoms with van der Waals surface area (Å²) in [7, 11) is 0. The summed E-state index contributed by atoms with van der Waals surface area (Å²) < 4.78 is 3.76. The Hall–Kier alpha value is -2.90. The zero-order valence-corrected chi connectivity index (χ0v) is 15.8. The number of hydrogen-bond donors (Lipinski definition) is 2. The third-order valence-electron chi connectivity index (χ3n) is 4.38. The summed E-state index contributed by atoms with van der Waals surface area (Å²) in [6.07, 6.45) is 6.20. The van der Waals surface area contributed by atoms with Crippen molar-refractivity contribution in [2.75, 3.05) is 5.32 Å². The van der Waals surface area contributed by atoms with Gasteiger partial charge in [0.2, 0.25) is 5.78 Å². The van der Waals surface area contributed by atoms with Crippen LogP contribution in [0.4, 0.5) is 10.5 Å². The Bertz CT molecular complexity index is 892. The molecule has 0 aromatic carbocycles. The molecule has 8 nitrogen and oxygen atoms in total. The van der Waals surface area contributed by atoms with E-state index in [4.69, 9.17) is 0 Å². The second-order valence-corrected chi connectivity index (χ2v) is 6.64. The number of hydrogen-bond acceptors (Lipinski definition) is 4. The maximum Gasteiger partial charge on any atom is 0.319 e. The highest BCUT2D eigenvalue weighted by atomic mass is 16.2. The molecule has 2 amide bonds. The van der Waals surface area contributed by atoms with Crippen LogP contribution in [0.2, 0.25) is 0 Å². The first-order valence-electron chi connectivity index (χ1n) is 8.83. The smallest absolute Gasteiger partial charge is 0.319 e. The van der Waals surface area contributed by atoms with Crippen molar-refractivity contribution in [3.8, 4) is 0 Å². The van der Waals surface area contributed by atoms with Crippen LogP contribution in [0.1, 0.15) is 56.4 Å². The van der Waals surface area contributed by atoms with Gasteiger partial charge in [0.15, 0.2) is 0 Å². The fourth-order valence-corrected chi connectivity index (χ4v) is 3.06. The van der Waals surface area contributed by atoms with Gasteiger partial charge >= 0.3 is 6.03 Å². The summed E-state index contributed by atoms with van der Waals surface area (Å²) in [6.45, 7) is 9.99. The lowest BCUT2D eigenvalue weighted by molar-refractivity contribution is 0.248. The highest BCUT2D eigenvalue weighted by Crippen LogP contribution is 2.23. The number of nitrogens with one attached hydrogen (secondary N) is 2. The minimum absolute atomic E-state index is 0.197. The van der Waals surface area contributed by atoms with Gasteiger partial charge in [-0.25, -0.2) is 14.8 Å². The van der Waals surface area contributed by atoms with Gasteiger partial charge in [0.1, 0.15) is 0 Å². The van der Waals surface area contributed by atoms with E-state index >= 15 is 0 Å². The largest absolute Gasteiger partial charge is 0.329 e. The maximum atomic E-state index is 12.5. The maximum absolute atomic E-state index is 12.5. The first kappa shape index (κ1) is 17.9. The molecule has 0 saturated carbocycles. The van der Waals surface area contributed by atoms with E-state index in [1.807, 2.05) is 48.3 Å². The standard InChI is InChI=1S/C18H25N7O/c1-6-14(15-10-24-9-7-8-19-17(24)20-15)21-18(26)22-16-12(4)23-25(11(2)3)13(16)5/h7-11,14H,6H2,1-5H3,(H2,21,22,26). The molecule has 2 N–H and O–H groups in total. The molecular formula is C18H25N7O. The van der Waals surface area contributed by atoms with Crippen LogP contribution >= 0.6 is 0 Å². The molecule has 3 aromatic rings. The highest BCUT2D eigenvalue weighted by Gasteiger charge is 2.19. The second kappa shape index (κ2) is 7.15. The summed E-state index contributed by atoms with van der Waals surface area (Å²) in [5, 5.41) is 10.4. The van der Waals surface area contributed by atoms with Crippen LogP contribution in [-0.4, -0.2) is 30.2 Å². The van der Waals surface area contributed by atoms with E-state index in [1.165, 1.54) is 0 Å². The zero-order chi connectivity index (χ0) is 18.8. The molecule has 26 heavy (non-hydrogen) atoms. The Morgan fingerprint density at radius 1 is 1.31 bits per heavy atom. The van der Waals surface area contributed by atoms with Crippen molar-refractivity contribution in [3.05, 3.63) is 41.7 Å². The van der Waals surface area contributed by atoms with Gasteiger partial charge < -0.3 is 10.6 Å². The van der Waals surface area contributed by atoms with E-state index in [2.05, 4.69) is 39.5 Å². The van der Waals surface area contributed by atoms with E-state index in [0.29, 0.717) is 5.78 Å². The molecule has 0 aliphatic rings. The van der Waals surface area contributed by atoms with E-state index in [0.717, 1.165) is 29.2 Å². The summed E-state index contributed by atoms with van der Waals surface area (Å²) in [6, 6.07) is 1.62. The van der Waals surface area contributed by atoms with Crippen molar-refractivity contribution < 1.29 is 4.79 Å². The number of carbonyl (C=O) groups excluding carboxylic acids is 1. The Morgan fingerprint density at radius 2 is 2.08 bits per heavy atom. The number of anilines is 1. The van der Waals surface area contributed by atoms with E-state index < -0.39 is 0 Å². The lowest BCUT2D eigenvalue weighted by Crippen LogP contribution is -2.32. The SMILES string of the molecule is CCC(NC(=O)Nc1c(C)nn(C(C)C)c1C)c1cn2cccnc2n1. The van der Waals surface area contributed by atoms with E-state index in [9.17, 15) is 4.79 Å². The van der Waals surface area contributed by atoms with Gasteiger partial charge in [0.05, 0.1) is 28.8 Å². The third kappa shape index (κ3) is 3.40. The molecule has 0 spiro atoms. The third-order valence-corrected chi connectivity index (χ3v) is 4.38. The summed E-state index contributed by atoms with van der Waals surface area (Å²) >= 11 is 0. The lowest BCUT2D eigenvalue weighted by atomic mass is 10.2. The summed E-state index contributed by atoms with van der Waals surface area (Å²) in [4.78, 5) is 21.3. The Balaban J connectivity index is 1.76. The van der Waals surface area contributed by atoms with Crippen molar-refractivity contribution in [3.63, 3.8) is 0 Å².